The fourth-order valence-electron chi connectivity index (χ4n) is 1.41. The van der Waals surface area contributed by atoms with Gasteiger partial charge >= 0.3 is 0 Å². The highest BCUT2D eigenvalue weighted by molar-refractivity contribution is 7.18. The predicted molar refractivity (Wildman–Crippen MR) is 64.4 cm³/mol. The number of rotatable bonds is 5. The number of hydrogen-bond donors (Lipinski definition) is 3. The van der Waals surface area contributed by atoms with Gasteiger partial charge in [-0.3, -0.25) is 0 Å². The van der Waals surface area contributed by atoms with Crippen molar-refractivity contribution in [2.75, 3.05) is 13.2 Å². The first-order valence-electron chi connectivity index (χ1n) is 5.13. The van der Waals surface area contributed by atoms with Gasteiger partial charge in [-0.15, -0.1) is 11.3 Å². The Morgan fingerprint density at radius 1 is 1.38 bits per heavy atom. The molecule has 2 rings (SSSR count). The monoisotopic (exact) mass is 238 g/mol. The number of fused-ring (bicyclic) bond motifs is 1. The van der Waals surface area contributed by atoms with Crippen molar-refractivity contribution in [3.8, 4) is 0 Å². The van der Waals surface area contributed by atoms with Crippen molar-refractivity contribution in [2.24, 2.45) is 0 Å². The van der Waals surface area contributed by atoms with Crippen LogP contribution in [0.1, 0.15) is 5.01 Å². The lowest BCUT2D eigenvalue weighted by Crippen LogP contribution is -2.28. The van der Waals surface area contributed by atoms with Crippen molar-refractivity contribution in [1.29, 1.82) is 0 Å². The van der Waals surface area contributed by atoms with Gasteiger partial charge in [0.2, 0.25) is 0 Å². The van der Waals surface area contributed by atoms with E-state index in [0.29, 0.717) is 13.1 Å². The summed E-state index contributed by atoms with van der Waals surface area (Å²) in [5, 5.41) is 21.8. The van der Waals surface area contributed by atoms with Crippen molar-refractivity contribution in [1.82, 2.24) is 10.3 Å². The molecule has 4 nitrogen and oxygen atoms in total. The second kappa shape index (κ2) is 5.36. The van der Waals surface area contributed by atoms with E-state index in [4.69, 9.17) is 10.2 Å². The average Bonchev–Trinajstić information content (AvgIpc) is 2.71. The van der Waals surface area contributed by atoms with Crippen LogP contribution in [0.15, 0.2) is 24.3 Å². The Morgan fingerprint density at radius 2 is 2.19 bits per heavy atom. The Kier molecular flexibility index (Phi) is 3.84. The number of benzene rings is 1. The molecule has 0 radical (unpaired) electrons. The minimum absolute atomic E-state index is 0.215. The smallest absolute Gasteiger partial charge is 0.108 e. The number of nitrogens with one attached hydrogen (secondary N) is 1. The second-order valence-electron chi connectivity index (χ2n) is 3.54. The van der Waals surface area contributed by atoms with Crippen molar-refractivity contribution < 1.29 is 10.2 Å². The third-order valence-electron chi connectivity index (χ3n) is 2.21. The molecule has 0 saturated carbocycles. The van der Waals surface area contributed by atoms with Crippen LogP contribution in [0.4, 0.5) is 0 Å². The first kappa shape index (κ1) is 11.5. The Balaban J connectivity index is 1.94. The van der Waals surface area contributed by atoms with Gasteiger partial charge in [-0.2, -0.15) is 0 Å². The van der Waals surface area contributed by atoms with Crippen LogP contribution < -0.4 is 5.32 Å². The molecule has 0 saturated heterocycles. The average molecular weight is 238 g/mol. The standard InChI is InChI=1S/C11H14N2O2S/c14-7-8(15)5-12-6-11-13-9-3-1-2-4-10(9)16-11/h1-4,8,12,14-15H,5-7H2. The normalized spacial score (nSPS) is 13.1. The van der Waals surface area contributed by atoms with Gasteiger partial charge in [0.05, 0.1) is 22.9 Å². The highest BCUT2D eigenvalue weighted by Gasteiger charge is 2.04. The Bertz CT molecular complexity index is 425. The molecule has 0 aliphatic carbocycles. The van der Waals surface area contributed by atoms with E-state index in [1.54, 1.807) is 11.3 Å². The Hall–Kier alpha value is -1.01. The summed E-state index contributed by atoms with van der Waals surface area (Å²) in [4.78, 5) is 4.45. The molecule has 1 aromatic carbocycles. The van der Waals surface area contributed by atoms with Crippen LogP contribution in [0.25, 0.3) is 10.2 Å². The summed E-state index contributed by atoms with van der Waals surface area (Å²) >= 11 is 1.64. The number of aliphatic hydroxyl groups is 2. The molecule has 0 aliphatic heterocycles. The van der Waals surface area contributed by atoms with Gasteiger partial charge in [0, 0.05) is 13.1 Å². The van der Waals surface area contributed by atoms with Crippen LogP contribution in [-0.4, -0.2) is 34.5 Å². The van der Waals surface area contributed by atoms with E-state index in [1.165, 1.54) is 4.70 Å². The zero-order valence-electron chi connectivity index (χ0n) is 8.76. The second-order valence-corrected chi connectivity index (χ2v) is 4.66. The van der Waals surface area contributed by atoms with E-state index >= 15 is 0 Å². The van der Waals surface area contributed by atoms with E-state index in [2.05, 4.69) is 10.3 Å². The lowest BCUT2D eigenvalue weighted by atomic mass is 10.3. The minimum atomic E-state index is -0.700. The molecule has 0 bridgehead atoms. The van der Waals surface area contributed by atoms with E-state index in [9.17, 15) is 0 Å². The van der Waals surface area contributed by atoms with E-state index in [1.807, 2.05) is 24.3 Å². The van der Waals surface area contributed by atoms with Gasteiger partial charge in [0.25, 0.3) is 0 Å². The number of aliphatic hydroxyl groups excluding tert-OH is 2. The number of aromatic nitrogens is 1. The molecule has 2 aromatic rings. The summed E-state index contributed by atoms with van der Waals surface area (Å²) in [6, 6.07) is 7.99. The van der Waals surface area contributed by atoms with E-state index in [-0.39, 0.29) is 6.61 Å². The summed E-state index contributed by atoms with van der Waals surface area (Å²) in [5.74, 6) is 0. The largest absolute Gasteiger partial charge is 0.394 e. The number of thiazole rings is 1. The zero-order chi connectivity index (χ0) is 11.4. The fourth-order valence-corrected chi connectivity index (χ4v) is 2.34. The SMILES string of the molecule is OCC(O)CNCc1nc2ccccc2s1. The quantitative estimate of drug-likeness (QED) is 0.719. The molecule has 86 valence electrons. The number of nitrogens with zero attached hydrogens (tertiary/aromatic N) is 1. The van der Waals surface area contributed by atoms with E-state index in [0.717, 1.165) is 10.5 Å². The maximum absolute atomic E-state index is 9.15. The molecule has 5 heteroatoms. The van der Waals surface area contributed by atoms with Gasteiger partial charge in [-0.1, -0.05) is 12.1 Å². The molecule has 1 atom stereocenters. The minimum Gasteiger partial charge on any atom is -0.394 e. The summed E-state index contributed by atoms with van der Waals surface area (Å²) in [5.41, 5.74) is 1.01. The summed E-state index contributed by atoms with van der Waals surface area (Å²) in [6.45, 7) is 0.787. The van der Waals surface area contributed by atoms with Crippen LogP contribution in [0.5, 0.6) is 0 Å². The maximum Gasteiger partial charge on any atom is 0.108 e. The molecule has 0 amide bonds. The topological polar surface area (TPSA) is 65.4 Å². The van der Waals surface area contributed by atoms with Crippen LogP contribution in [0, 0.1) is 0 Å². The highest BCUT2D eigenvalue weighted by Crippen LogP contribution is 2.21. The van der Waals surface area contributed by atoms with Gasteiger partial charge < -0.3 is 15.5 Å². The molecular formula is C11H14N2O2S. The maximum atomic E-state index is 9.15. The van der Waals surface area contributed by atoms with Crippen molar-refractivity contribution in [3.05, 3.63) is 29.3 Å². The van der Waals surface area contributed by atoms with Crippen molar-refractivity contribution in [2.45, 2.75) is 12.6 Å². The lowest BCUT2D eigenvalue weighted by Gasteiger charge is -2.06. The third-order valence-corrected chi connectivity index (χ3v) is 3.24. The summed E-state index contributed by atoms with van der Waals surface area (Å²) in [6.07, 6.45) is -0.700. The van der Waals surface area contributed by atoms with Gasteiger partial charge in [0.1, 0.15) is 5.01 Å². The van der Waals surface area contributed by atoms with E-state index < -0.39 is 6.10 Å². The molecule has 0 fully saturated rings. The summed E-state index contributed by atoms with van der Waals surface area (Å²) in [7, 11) is 0. The molecule has 0 aliphatic rings. The van der Waals surface area contributed by atoms with Gasteiger partial charge in [-0.25, -0.2) is 4.98 Å². The molecule has 3 N–H and O–H groups in total. The highest BCUT2D eigenvalue weighted by atomic mass is 32.1. The third kappa shape index (κ3) is 2.76. The fraction of sp³-hybridized carbons (Fsp3) is 0.364. The zero-order valence-corrected chi connectivity index (χ0v) is 9.57. The number of para-hydroxylation sites is 1. The predicted octanol–water partition coefficient (Wildman–Crippen LogP) is 0.739. The van der Waals surface area contributed by atoms with Crippen molar-refractivity contribution in [3.63, 3.8) is 0 Å². The molecule has 16 heavy (non-hydrogen) atoms. The first-order chi connectivity index (χ1) is 7.79. The Labute approximate surface area is 97.6 Å². The van der Waals surface area contributed by atoms with Crippen LogP contribution in [-0.2, 0) is 6.54 Å². The molecule has 1 heterocycles. The van der Waals surface area contributed by atoms with Crippen LogP contribution in [0.3, 0.4) is 0 Å². The van der Waals surface area contributed by atoms with Crippen LogP contribution in [0.2, 0.25) is 0 Å². The van der Waals surface area contributed by atoms with Gasteiger partial charge in [0.15, 0.2) is 0 Å². The first-order valence-corrected chi connectivity index (χ1v) is 5.95. The molecular weight excluding hydrogens is 224 g/mol. The Morgan fingerprint density at radius 3 is 2.94 bits per heavy atom. The molecule has 1 aromatic heterocycles. The van der Waals surface area contributed by atoms with Crippen LogP contribution >= 0.6 is 11.3 Å². The molecule has 1 unspecified atom stereocenters. The van der Waals surface area contributed by atoms with Gasteiger partial charge in [-0.05, 0) is 12.1 Å². The van der Waals surface area contributed by atoms with Crippen molar-refractivity contribution >= 4 is 21.6 Å². The summed E-state index contributed by atoms with van der Waals surface area (Å²) < 4.78 is 1.17. The molecule has 0 spiro atoms. The lowest BCUT2D eigenvalue weighted by molar-refractivity contribution is 0.0942. The number of hydrogen-bond acceptors (Lipinski definition) is 5.